The van der Waals surface area contributed by atoms with Crippen LogP contribution in [0.1, 0.15) is 31.6 Å². The van der Waals surface area contributed by atoms with Crippen molar-refractivity contribution in [3.05, 3.63) is 18.7 Å². The highest BCUT2D eigenvalue weighted by atomic mass is 32.2. The minimum Gasteiger partial charge on any atom is -0.282 e. The summed E-state index contributed by atoms with van der Waals surface area (Å²) in [4.78, 5) is 0. The van der Waals surface area contributed by atoms with E-state index in [1.165, 1.54) is 4.57 Å². The molecule has 86 valence electrons. The van der Waals surface area contributed by atoms with Gasteiger partial charge in [-0.15, -0.1) is 0 Å². The van der Waals surface area contributed by atoms with Gasteiger partial charge in [0.2, 0.25) is 11.7 Å². The van der Waals surface area contributed by atoms with Crippen LogP contribution in [-0.4, -0.2) is 17.5 Å². The molecule has 6 heteroatoms. The fourth-order valence-corrected chi connectivity index (χ4v) is 2.37. The Morgan fingerprint density at radius 3 is 2.60 bits per heavy atom. The molecule has 0 spiro atoms. The van der Waals surface area contributed by atoms with Crippen molar-refractivity contribution >= 4 is 10.1 Å². The summed E-state index contributed by atoms with van der Waals surface area (Å²) in [6.45, 7) is 1.98. The molecule has 5 nitrogen and oxygen atoms in total. The van der Waals surface area contributed by atoms with E-state index in [-0.39, 0.29) is 0 Å². The molecule has 0 bridgehead atoms. The van der Waals surface area contributed by atoms with Gasteiger partial charge >= 0.3 is 10.1 Å². The number of aryl methyl sites for hydroxylation is 1. The molecule has 1 aromatic heterocycles. The Hall–Kier alpha value is -0.880. The minimum absolute atomic E-state index is 0.435. The molecule has 1 aromatic rings. The van der Waals surface area contributed by atoms with Crippen molar-refractivity contribution in [1.82, 2.24) is 4.57 Å². The van der Waals surface area contributed by atoms with Gasteiger partial charge in [0.25, 0.3) is 0 Å². The summed E-state index contributed by atoms with van der Waals surface area (Å²) in [5.74, 6) is 0. The quantitative estimate of drug-likeness (QED) is 0.607. The zero-order chi connectivity index (χ0) is 11.5. The van der Waals surface area contributed by atoms with Crippen LogP contribution in [0.15, 0.2) is 18.7 Å². The van der Waals surface area contributed by atoms with E-state index in [0.717, 1.165) is 12.8 Å². The van der Waals surface area contributed by atoms with Gasteiger partial charge in [-0.2, -0.15) is 8.42 Å². The molecule has 1 rings (SSSR count). The van der Waals surface area contributed by atoms with Crippen LogP contribution in [0.25, 0.3) is 0 Å². The van der Waals surface area contributed by atoms with E-state index in [2.05, 4.69) is 0 Å². The van der Waals surface area contributed by atoms with Gasteiger partial charge in [-0.25, -0.2) is 9.13 Å². The predicted octanol–water partition coefficient (Wildman–Crippen LogP) is 0.889. The molecule has 0 aromatic carbocycles. The van der Waals surface area contributed by atoms with E-state index in [1.54, 1.807) is 30.3 Å². The summed E-state index contributed by atoms with van der Waals surface area (Å²) < 4.78 is 34.7. The Labute approximate surface area is 90.1 Å². The molecule has 0 aliphatic rings. The summed E-state index contributed by atoms with van der Waals surface area (Å²) in [6.07, 6.45) is 7.14. The molecule has 0 fully saturated rings. The first kappa shape index (κ1) is 12.2. The van der Waals surface area contributed by atoms with Crippen molar-refractivity contribution in [2.75, 3.05) is 0 Å². The summed E-state index contributed by atoms with van der Waals surface area (Å²) in [6, 6.07) is 0. The van der Waals surface area contributed by atoms with Gasteiger partial charge in [0.15, 0.2) is 0 Å². The molecule has 1 atom stereocenters. The topological polar surface area (TPSA) is 63.2 Å². The molecule has 15 heavy (non-hydrogen) atoms. The lowest BCUT2D eigenvalue weighted by molar-refractivity contribution is -0.671. The molecule has 0 saturated heterocycles. The van der Waals surface area contributed by atoms with Gasteiger partial charge in [-0.05, 0) is 6.42 Å². The van der Waals surface area contributed by atoms with Crippen molar-refractivity contribution in [3.63, 3.8) is 0 Å². The molecule has 0 aliphatic carbocycles. The second-order valence-electron chi connectivity index (χ2n) is 3.64. The summed E-state index contributed by atoms with van der Waals surface area (Å²) in [5.41, 5.74) is 0. The average Bonchev–Trinajstić information content (AvgIpc) is 2.50. The lowest BCUT2D eigenvalue weighted by Crippen LogP contribution is -2.26. The maximum Gasteiger partial charge on any atom is 0.307 e. The van der Waals surface area contributed by atoms with Crippen LogP contribution in [0.2, 0.25) is 0 Å². The van der Waals surface area contributed by atoms with Gasteiger partial charge in [-0.1, -0.05) is 13.3 Å². The zero-order valence-corrected chi connectivity index (χ0v) is 9.81. The van der Waals surface area contributed by atoms with Crippen LogP contribution in [0.5, 0.6) is 0 Å². The van der Waals surface area contributed by atoms with E-state index in [4.69, 9.17) is 4.55 Å². The van der Waals surface area contributed by atoms with E-state index in [1.807, 2.05) is 6.92 Å². The first-order valence-corrected chi connectivity index (χ1v) is 6.44. The maximum absolute atomic E-state index is 11.2. The van der Waals surface area contributed by atoms with E-state index < -0.39 is 15.5 Å². The molecule has 1 N–H and O–H groups in total. The summed E-state index contributed by atoms with van der Waals surface area (Å²) >= 11 is 0. The standard InChI is InChI=1S/C9H16N2O3S/c1-3-4-5-9(15(12,13)14)11-7-6-10(2)8-11/h6-9H,3-5H2,1-2H3/p+1. The second kappa shape index (κ2) is 4.76. The third-order valence-corrected chi connectivity index (χ3v) is 3.44. The number of hydrogen-bond acceptors (Lipinski definition) is 2. The van der Waals surface area contributed by atoms with Crippen molar-refractivity contribution in [1.29, 1.82) is 0 Å². The monoisotopic (exact) mass is 233 g/mol. The van der Waals surface area contributed by atoms with Gasteiger partial charge in [0.05, 0.1) is 7.05 Å². The van der Waals surface area contributed by atoms with Crippen molar-refractivity contribution in [2.24, 2.45) is 7.05 Å². The van der Waals surface area contributed by atoms with Crippen LogP contribution >= 0.6 is 0 Å². The Balaban J connectivity index is 2.91. The Bertz CT molecular complexity index is 411. The van der Waals surface area contributed by atoms with Crippen molar-refractivity contribution in [2.45, 2.75) is 31.6 Å². The molecular formula is C9H17N2O3S+. The normalized spacial score (nSPS) is 14.1. The molecule has 0 radical (unpaired) electrons. The Morgan fingerprint density at radius 2 is 2.20 bits per heavy atom. The van der Waals surface area contributed by atoms with Crippen LogP contribution in [0.4, 0.5) is 0 Å². The average molecular weight is 233 g/mol. The molecule has 1 heterocycles. The smallest absolute Gasteiger partial charge is 0.282 e. The highest BCUT2D eigenvalue weighted by molar-refractivity contribution is 7.85. The molecule has 0 aliphatic heterocycles. The second-order valence-corrected chi connectivity index (χ2v) is 5.21. The number of hydrogen-bond donors (Lipinski definition) is 1. The predicted molar refractivity (Wildman–Crippen MR) is 55.7 cm³/mol. The number of unbranched alkanes of at least 4 members (excludes halogenated alkanes) is 1. The lowest BCUT2D eigenvalue weighted by Gasteiger charge is -2.09. The zero-order valence-electron chi connectivity index (χ0n) is 9.00. The number of imidazole rings is 1. The van der Waals surface area contributed by atoms with E-state index in [9.17, 15) is 8.42 Å². The highest BCUT2D eigenvalue weighted by Gasteiger charge is 2.28. The van der Waals surface area contributed by atoms with Crippen LogP contribution < -0.4 is 4.57 Å². The molecule has 0 saturated carbocycles. The lowest BCUT2D eigenvalue weighted by atomic mass is 10.2. The minimum atomic E-state index is -4.03. The summed E-state index contributed by atoms with van der Waals surface area (Å²) in [5, 5.41) is -0.862. The van der Waals surface area contributed by atoms with Gasteiger partial charge < -0.3 is 0 Å². The maximum atomic E-state index is 11.2. The van der Waals surface area contributed by atoms with E-state index in [0.29, 0.717) is 6.42 Å². The fourth-order valence-electron chi connectivity index (χ4n) is 1.47. The number of nitrogens with zero attached hydrogens (tertiary/aromatic N) is 2. The first-order chi connectivity index (χ1) is 6.95. The molecular weight excluding hydrogens is 216 g/mol. The summed E-state index contributed by atoms with van der Waals surface area (Å²) in [7, 11) is -2.22. The van der Waals surface area contributed by atoms with Crippen molar-refractivity contribution in [3.8, 4) is 0 Å². The third-order valence-electron chi connectivity index (χ3n) is 2.27. The number of aromatic nitrogens is 2. The molecule has 0 amide bonds. The van der Waals surface area contributed by atoms with Crippen LogP contribution in [0.3, 0.4) is 0 Å². The van der Waals surface area contributed by atoms with Gasteiger partial charge in [0.1, 0.15) is 12.4 Å². The third kappa shape index (κ3) is 3.32. The van der Waals surface area contributed by atoms with Gasteiger partial charge in [-0.3, -0.25) is 4.55 Å². The van der Waals surface area contributed by atoms with Crippen molar-refractivity contribution < 1.29 is 17.5 Å². The Morgan fingerprint density at radius 1 is 1.53 bits per heavy atom. The Kier molecular flexibility index (Phi) is 3.87. The van der Waals surface area contributed by atoms with Gasteiger partial charge in [0, 0.05) is 6.42 Å². The van der Waals surface area contributed by atoms with Crippen LogP contribution in [-0.2, 0) is 17.2 Å². The van der Waals surface area contributed by atoms with E-state index >= 15 is 0 Å². The number of rotatable bonds is 5. The largest absolute Gasteiger partial charge is 0.307 e. The SMILES string of the molecule is CCCCC(n1cc[n+](C)c1)S(=O)(=O)O. The fraction of sp³-hybridized carbons (Fsp3) is 0.667. The van der Waals surface area contributed by atoms with Crippen LogP contribution in [0, 0.1) is 0 Å². The first-order valence-electron chi connectivity index (χ1n) is 4.94. The molecule has 1 unspecified atom stereocenters. The highest BCUT2D eigenvalue weighted by Crippen LogP contribution is 2.19.